The fourth-order valence-electron chi connectivity index (χ4n) is 3.13. The van der Waals surface area contributed by atoms with Crippen LogP contribution in [0.15, 0.2) is 35.3 Å². The van der Waals surface area contributed by atoms with E-state index >= 15 is 0 Å². The van der Waals surface area contributed by atoms with Gasteiger partial charge in [0.15, 0.2) is 5.96 Å². The van der Waals surface area contributed by atoms with Gasteiger partial charge >= 0.3 is 5.97 Å². The van der Waals surface area contributed by atoms with Crippen LogP contribution in [0.25, 0.3) is 0 Å². The summed E-state index contributed by atoms with van der Waals surface area (Å²) in [6, 6.07) is 10.1. The van der Waals surface area contributed by atoms with Crippen molar-refractivity contribution < 1.29 is 14.3 Å². The highest BCUT2D eigenvalue weighted by Crippen LogP contribution is 2.18. The molecule has 1 heterocycles. The van der Waals surface area contributed by atoms with Gasteiger partial charge in [-0.15, -0.1) is 0 Å². The molecular weight excluding hydrogens is 344 g/mol. The van der Waals surface area contributed by atoms with Crippen molar-refractivity contribution in [3.8, 4) is 0 Å². The fourth-order valence-corrected chi connectivity index (χ4v) is 3.13. The zero-order chi connectivity index (χ0) is 19.5. The Morgan fingerprint density at radius 2 is 1.89 bits per heavy atom. The minimum Gasteiger partial charge on any atom is -0.466 e. The molecule has 1 aliphatic heterocycles. The van der Waals surface area contributed by atoms with Gasteiger partial charge in [0.2, 0.25) is 5.91 Å². The zero-order valence-electron chi connectivity index (χ0n) is 16.2. The molecule has 7 heteroatoms. The van der Waals surface area contributed by atoms with E-state index in [4.69, 9.17) is 4.74 Å². The highest BCUT2D eigenvalue weighted by molar-refractivity contribution is 5.86. The molecule has 0 aliphatic carbocycles. The molecule has 0 bridgehead atoms. The molecule has 7 nitrogen and oxygen atoms in total. The number of hydrogen-bond donors (Lipinski definition) is 2. The van der Waals surface area contributed by atoms with Gasteiger partial charge in [-0.1, -0.05) is 30.3 Å². The molecular formula is C20H30N4O3. The number of amides is 1. The number of ether oxygens (including phenoxy) is 1. The third-order valence-electron chi connectivity index (χ3n) is 4.61. The molecule has 0 spiro atoms. The van der Waals surface area contributed by atoms with Crippen LogP contribution in [0.5, 0.6) is 0 Å². The largest absolute Gasteiger partial charge is 0.466 e. The number of hydrogen-bond acceptors (Lipinski definition) is 4. The minimum atomic E-state index is -0.113. The second kappa shape index (κ2) is 11.2. The number of piperidine rings is 1. The maximum absolute atomic E-state index is 12.0. The van der Waals surface area contributed by atoms with Crippen molar-refractivity contribution in [2.45, 2.75) is 26.2 Å². The lowest BCUT2D eigenvalue weighted by molar-refractivity contribution is -0.149. The standard InChI is InChI=1S/C20H30N4O3/c1-3-27-19(26)17-10-13-24(14-11-17)20(21-2)23-15-18(25)22-12-9-16-7-5-4-6-8-16/h4-8,17H,3,9-15H2,1-2H3,(H,21,23)(H,22,25). The molecule has 2 rings (SSSR count). The quantitative estimate of drug-likeness (QED) is 0.426. The van der Waals surface area contributed by atoms with Gasteiger partial charge in [-0.05, 0) is 31.7 Å². The number of esters is 1. The Morgan fingerprint density at radius 3 is 2.52 bits per heavy atom. The number of carbonyl (C=O) groups excluding carboxylic acids is 2. The lowest BCUT2D eigenvalue weighted by Gasteiger charge is -2.33. The molecule has 1 saturated heterocycles. The van der Waals surface area contributed by atoms with Crippen LogP contribution in [0, 0.1) is 5.92 Å². The molecule has 1 aromatic carbocycles. The summed E-state index contributed by atoms with van der Waals surface area (Å²) in [5.74, 6) is 0.475. The first-order chi connectivity index (χ1) is 13.1. The summed E-state index contributed by atoms with van der Waals surface area (Å²) in [6.45, 7) is 4.47. The highest BCUT2D eigenvalue weighted by atomic mass is 16.5. The van der Waals surface area contributed by atoms with E-state index < -0.39 is 0 Å². The SMILES string of the molecule is CCOC(=O)C1CCN(C(=NC)NCC(=O)NCCc2ccccc2)CC1. The third-order valence-corrected chi connectivity index (χ3v) is 4.61. The number of carbonyl (C=O) groups is 2. The molecule has 1 fully saturated rings. The number of guanidine groups is 1. The number of aliphatic imine (C=N–C) groups is 1. The zero-order valence-corrected chi connectivity index (χ0v) is 16.2. The molecule has 1 aliphatic rings. The van der Waals surface area contributed by atoms with Gasteiger partial charge in [0, 0.05) is 26.7 Å². The molecule has 1 aromatic rings. The van der Waals surface area contributed by atoms with Crippen molar-refractivity contribution in [1.29, 1.82) is 0 Å². The summed E-state index contributed by atoms with van der Waals surface area (Å²) in [5, 5.41) is 6.02. The average molecular weight is 374 g/mol. The minimum absolute atomic E-state index is 0.0411. The van der Waals surface area contributed by atoms with Gasteiger partial charge in [-0.3, -0.25) is 14.6 Å². The van der Waals surface area contributed by atoms with Crippen LogP contribution in [0.4, 0.5) is 0 Å². The Morgan fingerprint density at radius 1 is 1.19 bits per heavy atom. The van der Waals surface area contributed by atoms with Crippen molar-refractivity contribution in [2.75, 3.05) is 39.8 Å². The summed E-state index contributed by atoms with van der Waals surface area (Å²) in [5.41, 5.74) is 1.20. The number of benzene rings is 1. The Balaban J connectivity index is 1.68. The normalized spacial score (nSPS) is 15.3. The molecule has 2 N–H and O–H groups in total. The molecule has 148 valence electrons. The topological polar surface area (TPSA) is 83.0 Å². The maximum Gasteiger partial charge on any atom is 0.309 e. The number of rotatable bonds is 7. The van der Waals surface area contributed by atoms with E-state index in [2.05, 4.69) is 20.5 Å². The van der Waals surface area contributed by atoms with E-state index in [1.54, 1.807) is 7.05 Å². The monoisotopic (exact) mass is 374 g/mol. The van der Waals surface area contributed by atoms with Gasteiger partial charge in [-0.25, -0.2) is 0 Å². The molecule has 0 atom stereocenters. The number of likely N-dealkylation sites (tertiary alicyclic amines) is 1. The number of nitrogens with one attached hydrogen (secondary N) is 2. The van der Waals surface area contributed by atoms with E-state index in [1.165, 1.54) is 5.56 Å². The second-order valence-corrected chi connectivity index (χ2v) is 6.50. The molecule has 0 saturated carbocycles. The highest BCUT2D eigenvalue weighted by Gasteiger charge is 2.27. The van der Waals surface area contributed by atoms with Crippen LogP contribution < -0.4 is 10.6 Å². The van der Waals surface area contributed by atoms with Crippen LogP contribution in [0.3, 0.4) is 0 Å². The summed E-state index contributed by atoms with van der Waals surface area (Å²) < 4.78 is 5.10. The predicted octanol–water partition coefficient (Wildman–Crippen LogP) is 1.20. The van der Waals surface area contributed by atoms with Crippen molar-refractivity contribution in [3.05, 3.63) is 35.9 Å². The molecule has 0 unspecified atom stereocenters. The molecule has 1 amide bonds. The molecule has 27 heavy (non-hydrogen) atoms. The summed E-state index contributed by atoms with van der Waals surface area (Å²) in [6.07, 6.45) is 2.29. The van der Waals surface area contributed by atoms with Crippen molar-refractivity contribution in [1.82, 2.24) is 15.5 Å². The summed E-state index contributed by atoms with van der Waals surface area (Å²) in [4.78, 5) is 30.2. The lowest BCUT2D eigenvalue weighted by Crippen LogP contribution is -2.49. The first kappa shape index (κ1) is 20.7. The first-order valence-corrected chi connectivity index (χ1v) is 9.57. The number of nitrogens with zero attached hydrogens (tertiary/aromatic N) is 2. The van der Waals surface area contributed by atoms with E-state index in [-0.39, 0.29) is 24.3 Å². The second-order valence-electron chi connectivity index (χ2n) is 6.50. The van der Waals surface area contributed by atoms with E-state index in [1.807, 2.05) is 37.3 Å². The summed E-state index contributed by atoms with van der Waals surface area (Å²) >= 11 is 0. The maximum atomic E-state index is 12.0. The van der Waals surface area contributed by atoms with Crippen LogP contribution in [0.2, 0.25) is 0 Å². The van der Waals surface area contributed by atoms with Crippen LogP contribution in [0.1, 0.15) is 25.3 Å². The smallest absolute Gasteiger partial charge is 0.309 e. The predicted molar refractivity (Wildman–Crippen MR) is 105 cm³/mol. The molecule has 0 aromatic heterocycles. The van der Waals surface area contributed by atoms with Crippen LogP contribution >= 0.6 is 0 Å². The Kier molecular flexibility index (Phi) is 8.61. The Hall–Kier alpha value is -2.57. The van der Waals surface area contributed by atoms with Gasteiger partial charge in [-0.2, -0.15) is 0 Å². The first-order valence-electron chi connectivity index (χ1n) is 9.57. The van der Waals surface area contributed by atoms with Gasteiger partial charge < -0.3 is 20.3 Å². The average Bonchev–Trinajstić information content (AvgIpc) is 2.70. The van der Waals surface area contributed by atoms with E-state index in [0.29, 0.717) is 19.1 Å². The molecule has 0 radical (unpaired) electrons. The van der Waals surface area contributed by atoms with Crippen LogP contribution in [-0.2, 0) is 20.7 Å². The van der Waals surface area contributed by atoms with Crippen molar-refractivity contribution >= 4 is 17.8 Å². The Bertz CT molecular complexity index is 625. The van der Waals surface area contributed by atoms with Gasteiger partial charge in [0.05, 0.1) is 19.1 Å². The van der Waals surface area contributed by atoms with E-state index in [9.17, 15) is 9.59 Å². The fraction of sp³-hybridized carbons (Fsp3) is 0.550. The third kappa shape index (κ3) is 6.92. The summed E-state index contributed by atoms with van der Waals surface area (Å²) in [7, 11) is 1.70. The van der Waals surface area contributed by atoms with E-state index in [0.717, 1.165) is 32.4 Å². The van der Waals surface area contributed by atoms with Crippen molar-refractivity contribution in [3.63, 3.8) is 0 Å². The van der Waals surface area contributed by atoms with Crippen LogP contribution in [-0.4, -0.2) is 62.6 Å². The van der Waals surface area contributed by atoms with Gasteiger partial charge in [0.25, 0.3) is 0 Å². The van der Waals surface area contributed by atoms with Gasteiger partial charge in [0.1, 0.15) is 0 Å². The lowest BCUT2D eigenvalue weighted by atomic mass is 9.97. The van der Waals surface area contributed by atoms with Crippen molar-refractivity contribution in [2.24, 2.45) is 10.9 Å². The Labute approximate surface area is 161 Å².